The van der Waals surface area contributed by atoms with Crippen LogP contribution in [0.15, 0.2) is 36.5 Å². The van der Waals surface area contributed by atoms with Gasteiger partial charge in [-0.1, -0.05) is 18.2 Å². The minimum absolute atomic E-state index is 0.293. The van der Waals surface area contributed by atoms with Crippen LogP contribution in [0.4, 0.5) is 0 Å². The highest BCUT2D eigenvalue weighted by molar-refractivity contribution is 5.81. The van der Waals surface area contributed by atoms with Crippen LogP contribution in [0.3, 0.4) is 0 Å². The number of likely N-dealkylation sites (N-methyl/N-ethyl adjacent to an activating group) is 1. The number of rotatable bonds is 4. The molecule has 2 heterocycles. The zero-order chi connectivity index (χ0) is 13.8. The van der Waals surface area contributed by atoms with E-state index in [4.69, 9.17) is 4.74 Å². The zero-order valence-electron chi connectivity index (χ0n) is 11.9. The fraction of sp³-hybridized carbons (Fsp3) is 0.438. The predicted octanol–water partition coefficient (Wildman–Crippen LogP) is 1.65. The molecule has 1 saturated heterocycles. The quantitative estimate of drug-likeness (QED) is 0.917. The normalized spacial score (nSPS) is 20.4. The molecule has 0 aliphatic carbocycles. The van der Waals surface area contributed by atoms with Crippen LogP contribution in [0.2, 0.25) is 0 Å². The van der Waals surface area contributed by atoms with Gasteiger partial charge in [0, 0.05) is 37.8 Å². The van der Waals surface area contributed by atoms with Crippen LogP contribution in [0.25, 0.3) is 10.9 Å². The van der Waals surface area contributed by atoms with Gasteiger partial charge in [-0.2, -0.15) is 0 Å². The Morgan fingerprint density at radius 3 is 3.15 bits per heavy atom. The second-order valence-corrected chi connectivity index (χ2v) is 5.27. The van der Waals surface area contributed by atoms with E-state index in [2.05, 4.69) is 39.5 Å². The molecule has 1 aromatic heterocycles. The standard InChI is InChI=1S/C16H21N3O/c1-17-10-14-12-19(8-9-20-14)11-13-6-7-18-16-5-3-2-4-15(13)16/h2-7,14,17H,8-12H2,1H3. The van der Waals surface area contributed by atoms with E-state index in [9.17, 15) is 0 Å². The summed E-state index contributed by atoms with van der Waals surface area (Å²) in [4.78, 5) is 6.89. The van der Waals surface area contributed by atoms with Crippen molar-refractivity contribution in [3.05, 3.63) is 42.1 Å². The van der Waals surface area contributed by atoms with Crippen molar-refractivity contribution in [1.82, 2.24) is 15.2 Å². The van der Waals surface area contributed by atoms with Gasteiger partial charge in [0.1, 0.15) is 0 Å². The third kappa shape index (κ3) is 2.98. The minimum atomic E-state index is 0.293. The van der Waals surface area contributed by atoms with Gasteiger partial charge in [-0.25, -0.2) is 0 Å². The van der Waals surface area contributed by atoms with Crippen molar-refractivity contribution >= 4 is 10.9 Å². The van der Waals surface area contributed by atoms with Crippen molar-refractivity contribution in [2.24, 2.45) is 0 Å². The fourth-order valence-corrected chi connectivity index (χ4v) is 2.81. The summed E-state index contributed by atoms with van der Waals surface area (Å²) in [5, 5.41) is 4.45. The van der Waals surface area contributed by atoms with E-state index >= 15 is 0 Å². The van der Waals surface area contributed by atoms with E-state index in [0.717, 1.165) is 38.3 Å². The van der Waals surface area contributed by atoms with E-state index in [1.54, 1.807) is 0 Å². The van der Waals surface area contributed by atoms with Crippen molar-refractivity contribution in [3.63, 3.8) is 0 Å². The summed E-state index contributed by atoms with van der Waals surface area (Å²) in [5.74, 6) is 0. The number of morpholine rings is 1. The first-order chi connectivity index (χ1) is 9.86. The molecule has 106 valence electrons. The SMILES string of the molecule is CNCC1CN(Cc2ccnc3ccccc23)CCO1. The van der Waals surface area contributed by atoms with Gasteiger partial charge in [0.15, 0.2) is 0 Å². The van der Waals surface area contributed by atoms with Gasteiger partial charge in [-0.3, -0.25) is 9.88 Å². The summed E-state index contributed by atoms with van der Waals surface area (Å²) >= 11 is 0. The molecule has 0 spiro atoms. The van der Waals surface area contributed by atoms with Gasteiger partial charge in [0.05, 0.1) is 18.2 Å². The molecule has 0 saturated carbocycles. The molecule has 2 aromatic rings. The lowest BCUT2D eigenvalue weighted by molar-refractivity contribution is -0.0290. The molecule has 0 radical (unpaired) electrons. The molecule has 1 aliphatic heterocycles. The van der Waals surface area contributed by atoms with Gasteiger partial charge < -0.3 is 10.1 Å². The van der Waals surface area contributed by atoms with Crippen LogP contribution in [0, 0.1) is 0 Å². The number of ether oxygens (including phenoxy) is 1. The van der Waals surface area contributed by atoms with Crippen molar-refractivity contribution in [3.8, 4) is 0 Å². The zero-order valence-corrected chi connectivity index (χ0v) is 11.9. The lowest BCUT2D eigenvalue weighted by Gasteiger charge is -2.33. The maximum atomic E-state index is 5.76. The predicted molar refractivity (Wildman–Crippen MR) is 80.7 cm³/mol. The number of hydrogen-bond donors (Lipinski definition) is 1. The van der Waals surface area contributed by atoms with Crippen molar-refractivity contribution in [1.29, 1.82) is 0 Å². The van der Waals surface area contributed by atoms with Crippen LogP contribution in [-0.2, 0) is 11.3 Å². The second kappa shape index (κ2) is 6.31. The molecule has 20 heavy (non-hydrogen) atoms. The Labute approximate surface area is 119 Å². The van der Waals surface area contributed by atoms with Gasteiger partial charge in [0.25, 0.3) is 0 Å². The smallest absolute Gasteiger partial charge is 0.0826 e. The molecule has 0 bridgehead atoms. The fourth-order valence-electron chi connectivity index (χ4n) is 2.81. The van der Waals surface area contributed by atoms with Gasteiger partial charge in [-0.15, -0.1) is 0 Å². The highest BCUT2D eigenvalue weighted by Crippen LogP contribution is 2.19. The first kappa shape index (κ1) is 13.5. The van der Waals surface area contributed by atoms with Crippen LogP contribution < -0.4 is 5.32 Å². The van der Waals surface area contributed by atoms with Crippen LogP contribution in [-0.4, -0.2) is 49.3 Å². The summed E-state index contributed by atoms with van der Waals surface area (Å²) in [6.07, 6.45) is 2.20. The second-order valence-electron chi connectivity index (χ2n) is 5.27. The Balaban J connectivity index is 1.76. The van der Waals surface area contributed by atoms with Crippen molar-refractivity contribution in [2.45, 2.75) is 12.6 Å². The average molecular weight is 271 g/mol. The Morgan fingerprint density at radius 2 is 2.25 bits per heavy atom. The van der Waals surface area contributed by atoms with E-state index < -0.39 is 0 Å². The first-order valence-corrected chi connectivity index (χ1v) is 7.18. The summed E-state index contributed by atoms with van der Waals surface area (Å²) in [6, 6.07) is 10.5. The maximum Gasteiger partial charge on any atom is 0.0826 e. The van der Waals surface area contributed by atoms with E-state index in [-0.39, 0.29) is 0 Å². The number of hydrogen-bond acceptors (Lipinski definition) is 4. The third-order valence-electron chi connectivity index (χ3n) is 3.79. The average Bonchev–Trinajstić information content (AvgIpc) is 2.48. The molecule has 0 amide bonds. The number of pyridine rings is 1. The van der Waals surface area contributed by atoms with E-state index in [0.29, 0.717) is 6.10 Å². The number of fused-ring (bicyclic) bond motifs is 1. The molecule has 1 atom stereocenters. The lowest BCUT2D eigenvalue weighted by Crippen LogP contribution is -2.45. The summed E-state index contributed by atoms with van der Waals surface area (Å²) < 4.78 is 5.76. The number of para-hydroxylation sites is 1. The topological polar surface area (TPSA) is 37.4 Å². The minimum Gasteiger partial charge on any atom is -0.374 e. The molecule has 1 unspecified atom stereocenters. The first-order valence-electron chi connectivity index (χ1n) is 7.18. The molecule has 3 rings (SSSR count). The number of aromatic nitrogens is 1. The Hall–Kier alpha value is -1.49. The van der Waals surface area contributed by atoms with Gasteiger partial charge in [-0.05, 0) is 24.7 Å². The molecule has 4 heteroatoms. The molecule has 1 N–H and O–H groups in total. The molecule has 4 nitrogen and oxygen atoms in total. The largest absolute Gasteiger partial charge is 0.374 e. The van der Waals surface area contributed by atoms with Crippen LogP contribution in [0.5, 0.6) is 0 Å². The van der Waals surface area contributed by atoms with Gasteiger partial charge in [0.2, 0.25) is 0 Å². The highest BCUT2D eigenvalue weighted by Gasteiger charge is 2.20. The van der Waals surface area contributed by atoms with E-state index in [1.165, 1.54) is 10.9 Å². The summed E-state index contributed by atoms with van der Waals surface area (Å²) in [5.41, 5.74) is 2.42. The Kier molecular flexibility index (Phi) is 4.25. The third-order valence-corrected chi connectivity index (χ3v) is 3.79. The molecule has 1 fully saturated rings. The number of nitrogens with zero attached hydrogens (tertiary/aromatic N) is 2. The van der Waals surface area contributed by atoms with Gasteiger partial charge >= 0.3 is 0 Å². The molecular weight excluding hydrogens is 250 g/mol. The van der Waals surface area contributed by atoms with Crippen molar-refractivity contribution < 1.29 is 4.74 Å². The Bertz CT molecular complexity index is 565. The van der Waals surface area contributed by atoms with E-state index in [1.807, 2.05) is 19.3 Å². The number of benzene rings is 1. The molecule has 1 aliphatic rings. The van der Waals surface area contributed by atoms with Crippen molar-refractivity contribution in [2.75, 3.05) is 33.3 Å². The monoisotopic (exact) mass is 271 g/mol. The van der Waals surface area contributed by atoms with Crippen LogP contribution >= 0.6 is 0 Å². The lowest BCUT2D eigenvalue weighted by atomic mass is 10.1. The summed E-state index contributed by atoms with van der Waals surface area (Å²) in [7, 11) is 1.97. The van der Waals surface area contributed by atoms with Crippen LogP contribution in [0.1, 0.15) is 5.56 Å². The molecule has 1 aromatic carbocycles. The summed E-state index contributed by atoms with van der Waals surface area (Å²) in [6.45, 7) is 4.67. The highest BCUT2D eigenvalue weighted by atomic mass is 16.5. The maximum absolute atomic E-state index is 5.76. The number of nitrogens with one attached hydrogen (secondary N) is 1. The molecular formula is C16H21N3O. The Morgan fingerprint density at radius 1 is 1.35 bits per heavy atom.